The van der Waals surface area contributed by atoms with Crippen molar-refractivity contribution >= 4 is 46.0 Å². The maximum Gasteiger partial charge on any atom is 0.276 e. The molecule has 23 heavy (non-hydrogen) atoms. The van der Waals surface area contributed by atoms with Gasteiger partial charge in [0.05, 0.1) is 16.5 Å². The van der Waals surface area contributed by atoms with Crippen LogP contribution < -0.4 is 5.56 Å². The largest absolute Gasteiger partial charge is 0.308 e. The summed E-state index contributed by atoms with van der Waals surface area (Å²) in [7, 11) is 0. The van der Waals surface area contributed by atoms with Crippen molar-refractivity contribution in [2.45, 2.75) is 30.4 Å². The molecule has 0 radical (unpaired) electrons. The van der Waals surface area contributed by atoms with Gasteiger partial charge in [-0.1, -0.05) is 37.0 Å². The van der Waals surface area contributed by atoms with Crippen molar-refractivity contribution in [2.75, 3.05) is 0 Å². The number of hydrogen-bond acceptors (Lipinski definition) is 4. The second-order valence-electron chi connectivity index (χ2n) is 5.36. The summed E-state index contributed by atoms with van der Waals surface area (Å²) in [5.41, 5.74) is 1.60. The van der Waals surface area contributed by atoms with Crippen LogP contribution in [0.3, 0.4) is 0 Å². The first-order valence-electron chi connectivity index (χ1n) is 7.00. The average molecular weight is 369 g/mol. The molecule has 5 nitrogen and oxygen atoms in total. The molecule has 120 valence electrons. The molecule has 0 spiro atoms. The molecule has 0 atom stereocenters. The number of aromatic nitrogens is 4. The van der Waals surface area contributed by atoms with Gasteiger partial charge in [0, 0.05) is 9.92 Å². The third-order valence-electron chi connectivity index (χ3n) is 3.30. The number of hydrogen-bond donors (Lipinski definition) is 2. The number of rotatable bonds is 4. The standard InChI is InChI=1S/C15H14Cl2N4OS/c1-7(2)12-13-14(21-20-12)15(22)19-11(18-13)6-23-10-5-8(16)3-4-9(10)17/h3-5,7H,6H2,1-2H3,(H,20,21)(H,18,19,22). The Kier molecular flexibility index (Phi) is 4.66. The van der Waals surface area contributed by atoms with E-state index in [1.54, 1.807) is 18.2 Å². The quantitative estimate of drug-likeness (QED) is 0.670. The molecule has 1 aromatic carbocycles. The molecule has 3 rings (SSSR count). The van der Waals surface area contributed by atoms with Crippen LogP contribution in [-0.2, 0) is 5.75 Å². The molecule has 0 fully saturated rings. The SMILES string of the molecule is CC(C)c1n[nH]c2c(=O)[nH]c(CSc3cc(Cl)ccc3Cl)nc12. The van der Waals surface area contributed by atoms with Crippen molar-refractivity contribution in [3.63, 3.8) is 0 Å². The highest BCUT2D eigenvalue weighted by molar-refractivity contribution is 7.98. The third-order valence-corrected chi connectivity index (χ3v) is 5.05. The van der Waals surface area contributed by atoms with Crippen LogP contribution in [0.5, 0.6) is 0 Å². The van der Waals surface area contributed by atoms with Crippen LogP contribution in [0, 0.1) is 0 Å². The van der Waals surface area contributed by atoms with Crippen molar-refractivity contribution < 1.29 is 0 Å². The van der Waals surface area contributed by atoms with Gasteiger partial charge in [0.15, 0.2) is 0 Å². The average Bonchev–Trinajstić information content (AvgIpc) is 2.93. The molecular weight excluding hydrogens is 355 g/mol. The van der Waals surface area contributed by atoms with Crippen LogP contribution in [0.15, 0.2) is 27.9 Å². The van der Waals surface area contributed by atoms with Crippen LogP contribution in [0.4, 0.5) is 0 Å². The Morgan fingerprint density at radius 1 is 1.30 bits per heavy atom. The molecule has 0 saturated heterocycles. The van der Waals surface area contributed by atoms with Crippen molar-refractivity contribution in [3.05, 3.63) is 50.1 Å². The van der Waals surface area contributed by atoms with Gasteiger partial charge in [-0.25, -0.2) is 4.98 Å². The first kappa shape index (κ1) is 16.4. The van der Waals surface area contributed by atoms with E-state index in [1.807, 2.05) is 13.8 Å². The van der Waals surface area contributed by atoms with E-state index in [2.05, 4.69) is 20.2 Å². The van der Waals surface area contributed by atoms with E-state index in [0.717, 1.165) is 10.6 Å². The Morgan fingerprint density at radius 2 is 2.09 bits per heavy atom. The van der Waals surface area contributed by atoms with Crippen molar-refractivity contribution in [2.24, 2.45) is 0 Å². The highest BCUT2D eigenvalue weighted by atomic mass is 35.5. The van der Waals surface area contributed by atoms with E-state index in [-0.39, 0.29) is 11.5 Å². The lowest BCUT2D eigenvalue weighted by Crippen LogP contribution is -2.11. The van der Waals surface area contributed by atoms with Crippen LogP contribution in [0.2, 0.25) is 10.0 Å². The molecule has 0 aliphatic carbocycles. The molecule has 0 saturated carbocycles. The number of thioether (sulfide) groups is 1. The van der Waals surface area contributed by atoms with Gasteiger partial charge in [-0.2, -0.15) is 5.10 Å². The highest BCUT2D eigenvalue weighted by Gasteiger charge is 2.15. The predicted octanol–water partition coefficient (Wildman–Crippen LogP) is 4.37. The minimum absolute atomic E-state index is 0.181. The second-order valence-corrected chi connectivity index (χ2v) is 7.22. The van der Waals surface area contributed by atoms with Crippen molar-refractivity contribution in [3.8, 4) is 0 Å². The van der Waals surface area contributed by atoms with E-state index in [4.69, 9.17) is 23.2 Å². The molecule has 0 aliphatic heterocycles. The molecule has 0 amide bonds. The lowest BCUT2D eigenvalue weighted by Gasteiger charge is -2.05. The highest BCUT2D eigenvalue weighted by Crippen LogP contribution is 2.31. The van der Waals surface area contributed by atoms with E-state index in [9.17, 15) is 4.79 Å². The van der Waals surface area contributed by atoms with Crippen molar-refractivity contribution in [1.29, 1.82) is 0 Å². The van der Waals surface area contributed by atoms with Crippen LogP contribution >= 0.6 is 35.0 Å². The van der Waals surface area contributed by atoms with Crippen LogP contribution in [-0.4, -0.2) is 20.2 Å². The zero-order valence-electron chi connectivity index (χ0n) is 12.5. The Morgan fingerprint density at radius 3 is 2.83 bits per heavy atom. The first-order chi connectivity index (χ1) is 11.0. The lowest BCUT2D eigenvalue weighted by molar-refractivity contribution is 0.815. The van der Waals surface area contributed by atoms with Crippen LogP contribution in [0.25, 0.3) is 11.0 Å². The molecule has 2 heterocycles. The minimum atomic E-state index is -0.220. The number of benzene rings is 1. The molecular formula is C15H14Cl2N4OS. The molecule has 0 aliphatic rings. The van der Waals surface area contributed by atoms with Gasteiger partial charge in [-0.15, -0.1) is 11.8 Å². The maximum atomic E-state index is 12.1. The molecule has 0 unspecified atom stereocenters. The van der Waals surface area contributed by atoms with Crippen molar-refractivity contribution in [1.82, 2.24) is 20.2 Å². The number of aromatic amines is 2. The fraction of sp³-hybridized carbons (Fsp3) is 0.267. The van der Waals surface area contributed by atoms with Gasteiger partial charge >= 0.3 is 0 Å². The predicted molar refractivity (Wildman–Crippen MR) is 94.6 cm³/mol. The first-order valence-corrected chi connectivity index (χ1v) is 8.75. The normalized spacial score (nSPS) is 11.5. The number of H-pyrrole nitrogens is 2. The van der Waals surface area contributed by atoms with Gasteiger partial charge in [-0.3, -0.25) is 9.89 Å². The summed E-state index contributed by atoms with van der Waals surface area (Å²) in [4.78, 5) is 20.3. The smallest absolute Gasteiger partial charge is 0.276 e. The number of fused-ring (bicyclic) bond motifs is 1. The lowest BCUT2D eigenvalue weighted by atomic mass is 10.1. The molecule has 0 bridgehead atoms. The van der Waals surface area contributed by atoms with E-state index in [0.29, 0.717) is 32.7 Å². The van der Waals surface area contributed by atoms with Crippen LogP contribution in [0.1, 0.15) is 31.3 Å². The Labute approximate surface area is 146 Å². The van der Waals surface area contributed by atoms with Gasteiger partial charge in [0.2, 0.25) is 0 Å². The third kappa shape index (κ3) is 3.39. The fourth-order valence-corrected chi connectivity index (χ4v) is 3.55. The molecule has 2 aromatic heterocycles. The van der Waals surface area contributed by atoms with E-state index >= 15 is 0 Å². The Balaban J connectivity index is 1.92. The molecule has 2 N–H and O–H groups in total. The molecule has 8 heteroatoms. The zero-order chi connectivity index (χ0) is 16.6. The van der Waals surface area contributed by atoms with Gasteiger partial charge < -0.3 is 4.98 Å². The fourth-order valence-electron chi connectivity index (χ4n) is 2.18. The summed E-state index contributed by atoms with van der Waals surface area (Å²) in [6.07, 6.45) is 0. The summed E-state index contributed by atoms with van der Waals surface area (Å²) >= 11 is 13.6. The maximum absolute atomic E-state index is 12.1. The van der Waals surface area contributed by atoms with E-state index < -0.39 is 0 Å². The minimum Gasteiger partial charge on any atom is -0.308 e. The van der Waals surface area contributed by atoms with Gasteiger partial charge in [0.1, 0.15) is 16.9 Å². The number of halogens is 2. The number of nitrogens with one attached hydrogen (secondary N) is 2. The zero-order valence-corrected chi connectivity index (χ0v) is 14.8. The van der Waals surface area contributed by atoms with Gasteiger partial charge in [0.25, 0.3) is 5.56 Å². The van der Waals surface area contributed by atoms with E-state index in [1.165, 1.54) is 11.8 Å². The van der Waals surface area contributed by atoms with Gasteiger partial charge in [-0.05, 0) is 24.1 Å². The topological polar surface area (TPSA) is 74.4 Å². The molecule has 3 aromatic rings. The summed E-state index contributed by atoms with van der Waals surface area (Å²) in [6.45, 7) is 4.03. The summed E-state index contributed by atoms with van der Waals surface area (Å²) in [5, 5.41) is 8.18. The second kappa shape index (κ2) is 6.55. The monoisotopic (exact) mass is 368 g/mol. The Hall–Kier alpha value is -1.50. The summed E-state index contributed by atoms with van der Waals surface area (Å²) in [5.74, 6) is 1.24. The summed E-state index contributed by atoms with van der Waals surface area (Å²) < 4.78 is 0. The Bertz CT molecular complexity index is 919. The number of nitrogens with zero attached hydrogens (tertiary/aromatic N) is 2. The summed E-state index contributed by atoms with van der Waals surface area (Å²) in [6, 6.07) is 5.28.